The van der Waals surface area contributed by atoms with Crippen LogP contribution in [0.15, 0.2) is 0 Å². The number of aromatic amines is 1. The third-order valence-electron chi connectivity index (χ3n) is 2.94. The zero-order chi connectivity index (χ0) is 19.5. The molecule has 15 heteroatoms. The van der Waals surface area contributed by atoms with Crippen LogP contribution in [0.4, 0.5) is 39.5 Å². The molecule has 1 heterocycles. The van der Waals surface area contributed by atoms with Crippen molar-refractivity contribution in [2.45, 2.75) is 43.2 Å². The number of amides is 1. The molecule has 0 aliphatic rings. The van der Waals surface area contributed by atoms with E-state index in [0.717, 1.165) is 0 Å². The molecule has 144 valence electrons. The maximum absolute atomic E-state index is 13.2. The summed E-state index contributed by atoms with van der Waals surface area (Å²) in [5, 5.41) is 13.4. The Kier molecular flexibility index (Phi) is 5.89. The van der Waals surface area contributed by atoms with Gasteiger partial charge in [-0.25, -0.2) is 5.10 Å². The summed E-state index contributed by atoms with van der Waals surface area (Å²) in [6.07, 6.45) is -6.67. The Morgan fingerprint density at radius 3 is 2.04 bits per heavy atom. The number of aromatic nitrogens is 4. The Labute approximate surface area is 133 Å². The highest BCUT2D eigenvalue weighted by molar-refractivity contribution is 5.84. The fourth-order valence-corrected chi connectivity index (χ4v) is 1.53. The largest absolute Gasteiger partial charge is 0.460 e. The van der Waals surface area contributed by atoms with Crippen LogP contribution in [-0.4, -0.2) is 57.0 Å². The topological polar surface area (TPSA) is 83.6 Å². The molecule has 0 aliphatic carbocycles. The van der Waals surface area contributed by atoms with Crippen molar-refractivity contribution in [3.63, 3.8) is 0 Å². The third-order valence-corrected chi connectivity index (χ3v) is 2.94. The van der Waals surface area contributed by atoms with E-state index in [9.17, 15) is 44.3 Å². The van der Waals surface area contributed by atoms with E-state index in [2.05, 4.69) is 20.6 Å². The van der Waals surface area contributed by atoms with E-state index in [1.54, 1.807) is 0 Å². The van der Waals surface area contributed by atoms with Gasteiger partial charge in [-0.1, -0.05) is 0 Å². The first kappa shape index (κ1) is 21.0. The van der Waals surface area contributed by atoms with Crippen molar-refractivity contribution in [3.8, 4) is 0 Å². The summed E-state index contributed by atoms with van der Waals surface area (Å²) in [6, 6.07) is 0. The smallest absolute Gasteiger partial charge is 0.351 e. The van der Waals surface area contributed by atoms with Crippen molar-refractivity contribution in [1.29, 1.82) is 0 Å². The second-order valence-electron chi connectivity index (χ2n) is 4.78. The van der Waals surface area contributed by atoms with E-state index in [4.69, 9.17) is 0 Å². The van der Waals surface area contributed by atoms with Crippen molar-refractivity contribution < 1.29 is 44.3 Å². The lowest BCUT2D eigenvalue weighted by molar-refractivity contribution is -0.388. The van der Waals surface area contributed by atoms with Crippen molar-refractivity contribution >= 4 is 5.91 Å². The van der Waals surface area contributed by atoms with Crippen molar-refractivity contribution in [2.24, 2.45) is 0 Å². The number of H-pyrrole nitrogens is 1. The van der Waals surface area contributed by atoms with Gasteiger partial charge < -0.3 is 5.32 Å². The molecule has 1 rings (SSSR count). The fourth-order valence-electron chi connectivity index (χ4n) is 1.53. The van der Waals surface area contributed by atoms with Crippen LogP contribution in [0, 0.1) is 0 Å². The van der Waals surface area contributed by atoms with Gasteiger partial charge in [0.25, 0.3) is 5.91 Å². The molecule has 0 atom stereocenters. The monoisotopic (exact) mass is 387 g/mol. The molecule has 0 spiro atoms. The second-order valence-corrected chi connectivity index (χ2v) is 4.78. The van der Waals surface area contributed by atoms with Crippen LogP contribution in [0.1, 0.15) is 18.7 Å². The van der Waals surface area contributed by atoms with Crippen LogP contribution < -0.4 is 5.32 Å². The minimum absolute atomic E-state index is 0.0796. The van der Waals surface area contributed by atoms with Gasteiger partial charge in [0, 0.05) is 13.0 Å². The number of nitrogens with zero attached hydrogens (tertiary/aromatic N) is 3. The maximum Gasteiger partial charge on any atom is 0.460 e. The van der Waals surface area contributed by atoms with Crippen LogP contribution in [-0.2, 0) is 11.2 Å². The molecule has 0 fully saturated rings. The standard InChI is InChI=1S/C10H10F9N5O/c11-7(12,8(13,14)9(15,16)10(17,18)19)6(25)20-4-2-1-3-5-21-23-24-22-5/h1-4H2,(H,20,25)(H,21,22,23,24). The van der Waals surface area contributed by atoms with Gasteiger partial charge in [0.15, 0.2) is 0 Å². The number of carbonyl (C=O) groups excluding carboxylic acids is 1. The number of hydrogen-bond donors (Lipinski definition) is 2. The molecule has 0 aromatic carbocycles. The first-order chi connectivity index (χ1) is 11.2. The SMILES string of the molecule is O=C(NCCCCc1nnn[nH]1)C(F)(F)C(F)(F)C(F)(F)C(F)(F)F. The summed E-state index contributed by atoms with van der Waals surface area (Å²) in [4.78, 5) is 11.0. The van der Waals surface area contributed by atoms with Crippen LogP contribution in [0.3, 0.4) is 0 Å². The van der Waals surface area contributed by atoms with Crippen LogP contribution >= 0.6 is 0 Å². The predicted octanol–water partition coefficient (Wildman–Crippen LogP) is 2.11. The summed E-state index contributed by atoms with van der Waals surface area (Å²) >= 11 is 0. The molecule has 1 aromatic heterocycles. The first-order valence-electron chi connectivity index (χ1n) is 6.46. The van der Waals surface area contributed by atoms with E-state index in [1.807, 2.05) is 0 Å². The van der Waals surface area contributed by atoms with E-state index in [1.165, 1.54) is 5.32 Å². The van der Waals surface area contributed by atoms with Gasteiger partial charge in [-0.05, 0) is 23.3 Å². The summed E-state index contributed by atoms with van der Waals surface area (Å²) in [5.74, 6) is -23.0. The lowest BCUT2D eigenvalue weighted by atomic mass is 10.0. The number of tetrazole rings is 1. The highest BCUT2D eigenvalue weighted by atomic mass is 19.4. The van der Waals surface area contributed by atoms with Crippen molar-refractivity contribution in [1.82, 2.24) is 25.9 Å². The first-order valence-corrected chi connectivity index (χ1v) is 6.46. The fraction of sp³-hybridized carbons (Fsp3) is 0.800. The van der Waals surface area contributed by atoms with Crippen LogP contribution in [0.2, 0.25) is 0 Å². The second kappa shape index (κ2) is 7.03. The summed E-state index contributed by atoms with van der Waals surface area (Å²) in [6.45, 7) is -0.663. The zero-order valence-corrected chi connectivity index (χ0v) is 12.0. The zero-order valence-electron chi connectivity index (χ0n) is 12.0. The minimum atomic E-state index is -7.10. The summed E-state index contributed by atoms with van der Waals surface area (Å²) < 4.78 is 113. The quantitative estimate of drug-likeness (QED) is 0.529. The average molecular weight is 387 g/mol. The molecule has 2 N–H and O–H groups in total. The molecule has 1 aromatic rings. The molecule has 1 amide bonds. The number of unbranched alkanes of at least 4 members (excludes halogenated alkanes) is 1. The minimum Gasteiger partial charge on any atom is -0.351 e. The van der Waals surface area contributed by atoms with E-state index in [0.29, 0.717) is 5.82 Å². The van der Waals surface area contributed by atoms with Gasteiger partial charge in [-0.15, -0.1) is 5.10 Å². The Bertz CT molecular complexity index is 572. The van der Waals surface area contributed by atoms with Crippen LogP contribution in [0.25, 0.3) is 0 Å². The number of halogens is 9. The third kappa shape index (κ3) is 4.12. The molecular weight excluding hydrogens is 377 g/mol. The molecule has 0 unspecified atom stereocenters. The highest BCUT2D eigenvalue weighted by Gasteiger charge is 2.83. The molecule has 0 aliphatic heterocycles. The number of aryl methyl sites for hydroxylation is 1. The molecule has 0 radical (unpaired) electrons. The number of nitrogens with one attached hydrogen (secondary N) is 2. The molecule has 0 saturated carbocycles. The molecule has 0 saturated heterocycles. The van der Waals surface area contributed by atoms with Crippen molar-refractivity contribution in [2.75, 3.05) is 6.54 Å². The number of alkyl halides is 9. The Morgan fingerprint density at radius 2 is 1.56 bits per heavy atom. The number of rotatable bonds is 8. The lowest BCUT2D eigenvalue weighted by Gasteiger charge is -2.32. The van der Waals surface area contributed by atoms with E-state index >= 15 is 0 Å². The van der Waals surface area contributed by atoms with Gasteiger partial charge in [-0.2, -0.15) is 39.5 Å². The van der Waals surface area contributed by atoms with E-state index in [-0.39, 0.29) is 19.3 Å². The number of hydrogen-bond acceptors (Lipinski definition) is 4. The maximum atomic E-state index is 13.2. The van der Waals surface area contributed by atoms with Gasteiger partial charge in [0.1, 0.15) is 5.82 Å². The molecule has 6 nitrogen and oxygen atoms in total. The van der Waals surface area contributed by atoms with Gasteiger partial charge in [0.05, 0.1) is 0 Å². The summed E-state index contributed by atoms with van der Waals surface area (Å²) in [7, 11) is 0. The Hall–Kier alpha value is -2.09. The van der Waals surface area contributed by atoms with Crippen LogP contribution in [0.5, 0.6) is 0 Å². The van der Waals surface area contributed by atoms with E-state index < -0.39 is 36.4 Å². The Morgan fingerprint density at radius 1 is 0.960 bits per heavy atom. The average Bonchev–Trinajstić information content (AvgIpc) is 2.98. The normalized spacial score (nSPS) is 13.8. The lowest BCUT2D eigenvalue weighted by Crippen LogP contribution is -2.65. The summed E-state index contributed by atoms with van der Waals surface area (Å²) in [5.41, 5.74) is 0. The molecular formula is C10H10F9N5O. The molecule has 25 heavy (non-hydrogen) atoms. The number of carbonyl (C=O) groups is 1. The van der Waals surface area contributed by atoms with Gasteiger partial charge >= 0.3 is 23.9 Å². The molecule has 0 bridgehead atoms. The van der Waals surface area contributed by atoms with Gasteiger partial charge in [0.2, 0.25) is 0 Å². The highest BCUT2D eigenvalue weighted by Crippen LogP contribution is 2.53. The predicted molar refractivity (Wildman–Crippen MR) is 61.0 cm³/mol. The van der Waals surface area contributed by atoms with Gasteiger partial charge in [-0.3, -0.25) is 4.79 Å². The van der Waals surface area contributed by atoms with Crippen molar-refractivity contribution in [3.05, 3.63) is 5.82 Å². The Balaban J connectivity index is 2.62.